The van der Waals surface area contributed by atoms with Crippen molar-refractivity contribution in [3.63, 3.8) is 0 Å². The third-order valence-electron chi connectivity index (χ3n) is 3.51. The lowest BCUT2D eigenvalue weighted by Gasteiger charge is -2.21. The molecule has 2 fully saturated rings. The number of nitrogens with one attached hydrogen (secondary N) is 2. The highest BCUT2D eigenvalue weighted by Crippen LogP contribution is 2.28. The standard InChI is InChI=1S/C12H15N3O/c16-12(10-3-1-2-6-13-10)15-11-7-8-4-5-9(11)14-8/h1-3,6,8-9,11,14H,4-5,7H2,(H,15,16). The average Bonchev–Trinajstić information content (AvgIpc) is 2.92. The van der Waals surface area contributed by atoms with Crippen molar-refractivity contribution in [3.8, 4) is 0 Å². The Morgan fingerprint density at radius 2 is 2.38 bits per heavy atom. The summed E-state index contributed by atoms with van der Waals surface area (Å²) in [6.45, 7) is 0. The first-order valence-electron chi connectivity index (χ1n) is 5.81. The van der Waals surface area contributed by atoms with Gasteiger partial charge in [-0.05, 0) is 31.4 Å². The highest BCUT2D eigenvalue weighted by atomic mass is 16.1. The number of hydrogen-bond donors (Lipinski definition) is 2. The zero-order chi connectivity index (χ0) is 11.0. The fraction of sp³-hybridized carbons (Fsp3) is 0.500. The highest BCUT2D eigenvalue weighted by molar-refractivity contribution is 5.92. The van der Waals surface area contributed by atoms with E-state index >= 15 is 0 Å². The van der Waals surface area contributed by atoms with Crippen LogP contribution in [-0.4, -0.2) is 29.0 Å². The molecule has 84 valence electrons. The van der Waals surface area contributed by atoms with Gasteiger partial charge in [0, 0.05) is 24.3 Å². The smallest absolute Gasteiger partial charge is 0.270 e. The molecule has 4 heteroatoms. The van der Waals surface area contributed by atoms with Gasteiger partial charge < -0.3 is 10.6 Å². The van der Waals surface area contributed by atoms with E-state index in [0.29, 0.717) is 17.8 Å². The second kappa shape index (κ2) is 3.87. The number of hydrogen-bond acceptors (Lipinski definition) is 3. The molecule has 0 aromatic carbocycles. The molecule has 2 aliphatic heterocycles. The molecule has 0 aliphatic carbocycles. The summed E-state index contributed by atoms with van der Waals surface area (Å²) in [5.41, 5.74) is 0.505. The molecule has 2 bridgehead atoms. The first-order chi connectivity index (χ1) is 7.83. The number of aromatic nitrogens is 1. The van der Waals surface area contributed by atoms with Crippen molar-refractivity contribution >= 4 is 5.91 Å². The van der Waals surface area contributed by atoms with Gasteiger partial charge in [0.05, 0.1) is 0 Å². The predicted octanol–water partition coefficient (Wildman–Crippen LogP) is 0.704. The van der Waals surface area contributed by atoms with Crippen LogP contribution in [0.5, 0.6) is 0 Å². The van der Waals surface area contributed by atoms with Gasteiger partial charge in [-0.25, -0.2) is 0 Å². The maximum atomic E-state index is 11.9. The average molecular weight is 217 g/mol. The van der Waals surface area contributed by atoms with Crippen molar-refractivity contribution in [2.75, 3.05) is 0 Å². The van der Waals surface area contributed by atoms with Crippen molar-refractivity contribution in [2.45, 2.75) is 37.4 Å². The fourth-order valence-corrected chi connectivity index (χ4v) is 2.72. The van der Waals surface area contributed by atoms with E-state index in [1.807, 2.05) is 12.1 Å². The van der Waals surface area contributed by atoms with Crippen LogP contribution in [0.2, 0.25) is 0 Å². The van der Waals surface area contributed by atoms with Gasteiger partial charge in [0.1, 0.15) is 5.69 Å². The number of fused-ring (bicyclic) bond motifs is 2. The van der Waals surface area contributed by atoms with Crippen molar-refractivity contribution < 1.29 is 4.79 Å². The van der Waals surface area contributed by atoms with E-state index in [-0.39, 0.29) is 11.9 Å². The Balaban J connectivity index is 1.65. The molecule has 2 saturated heterocycles. The number of amides is 1. The lowest BCUT2D eigenvalue weighted by molar-refractivity contribution is 0.0926. The Morgan fingerprint density at radius 3 is 3.00 bits per heavy atom. The molecular weight excluding hydrogens is 202 g/mol. The monoisotopic (exact) mass is 217 g/mol. The Bertz CT molecular complexity index is 393. The van der Waals surface area contributed by atoms with Crippen molar-refractivity contribution in [2.24, 2.45) is 0 Å². The van der Waals surface area contributed by atoms with Crippen LogP contribution in [0.4, 0.5) is 0 Å². The summed E-state index contributed by atoms with van der Waals surface area (Å²) in [7, 11) is 0. The van der Waals surface area contributed by atoms with E-state index < -0.39 is 0 Å². The molecule has 0 spiro atoms. The van der Waals surface area contributed by atoms with Crippen molar-refractivity contribution in [1.82, 2.24) is 15.6 Å². The minimum atomic E-state index is -0.0556. The molecule has 0 radical (unpaired) electrons. The van der Waals surface area contributed by atoms with E-state index in [4.69, 9.17) is 0 Å². The van der Waals surface area contributed by atoms with Gasteiger partial charge in [0.2, 0.25) is 0 Å². The van der Waals surface area contributed by atoms with E-state index in [2.05, 4.69) is 15.6 Å². The number of rotatable bonds is 2. The van der Waals surface area contributed by atoms with Gasteiger partial charge in [0.15, 0.2) is 0 Å². The van der Waals surface area contributed by atoms with Crippen LogP contribution in [0.25, 0.3) is 0 Å². The molecular formula is C12H15N3O. The van der Waals surface area contributed by atoms with E-state index in [1.54, 1.807) is 12.3 Å². The molecule has 1 aromatic rings. The molecule has 3 atom stereocenters. The zero-order valence-corrected chi connectivity index (χ0v) is 9.02. The number of pyridine rings is 1. The van der Waals surface area contributed by atoms with Crippen LogP contribution in [0, 0.1) is 0 Å². The first-order valence-corrected chi connectivity index (χ1v) is 5.81. The summed E-state index contributed by atoms with van der Waals surface area (Å²) in [5, 5.41) is 6.56. The van der Waals surface area contributed by atoms with Crippen molar-refractivity contribution in [1.29, 1.82) is 0 Å². The zero-order valence-electron chi connectivity index (χ0n) is 9.02. The molecule has 0 saturated carbocycles. The maximum absolute atomic E-state index is 11.9. The van der Waals surface area contributed by atoms with Gasteiger partial charge in [-0.15, -0.1) is 0 Å². The van der Waals surface area contributed by atoms with Gasteiger partial charge >= 0.3 is 0 Å². The third kappa shape index (κ3) is 1.69. The van der Waals surface area contributed by atoms with E-state index in [9.17, 15) is 4.79 Å². The van der Waals surface area contributed by atoms with Crippen LogP contribution < -0.4 is 10.6 Å². The Morgan fingerprint density at radius 1 is 1.44 bits per heavy atom. The van der Waals surface area contributed by atoms with E-state index in [1.165, 1.54) is 12.8 Å². The number of nitrogens with zero attached hydrogens (tertiary/aromatic N) is 1. The van der Waals surface area contributed by atoms with E-state index in [0.717, 1.165) is 6.42 Å². The second-order valence-corrected chi connectivity index (χ2v) is 4.58. The van der Waals surface area contributed by atoms with Crippen molar-refractivity contribution in [3.05, 3.63) is 30.1 Å². The Labute approximate surface area is 94.5 Å². The molecule has 2 N–H and O–H groups in total. The van der Waals surface area contributed by atoms with Gasteiger partial charge in [0.25, 0.3) is 5.91 Å². The maximum Gasteiger partial charge on any atom is 0.270 e. The topological polar surface area (TPSA) is 54.0 Å². The second-order valence-electron chi connectivity index (χ2n) is 4.58. The van der Waals surface area contributed by atoms with Crippen LogP contribution in [0.15, 0.2) is 24.4 Å². The lowest BCUT2D eigenvalue weighted by Crippen LogP contribution is -2.43. The molecule has 1 amide bonds. The minimum Gasteiger partial charge on any atom is -0.346 e. The van der Waals surface area contributed by atoms with Crippen LogP contribution in [-0.2, 0) is 0 Å². The Kier molecular flexibility index (Phi) is 2.36. The summed E-state index contributed by atoms with van der Waals surface area (Å²) >= 11 is 0. The van der Waals surface area contributed by atoms with Crippen LogP contribution >= 0.6 is 0 Å². The molecule has 3 unspecified atom stereocenters. The summed E-state index contributed by atoms with van der Waals surface area (Å²) in [4.78, 5) is 15.9. The highest BCUT2D eigenvalue weighted by Gasteiger charge is 2.39. The van der Waals surface area contributed by atoms with Crippen LogP contribution in [0.3, 0.4) is 0 Å². The fourth-order valence-electron chi connectivity index (χ4n) is 2.72. The molecule has 3 rings (SSSR count). The molecule has 1 aromatic heterocycles. The third-order valence-corrected chi connectivity index (χ3v) is 3.51. The summed E-state index contributed by atoms with van der Waals surface area (Å²) in [6.07, 6.45) is 5.13. The first kappa shape index (κ1) is 9.78. The summed E-state index contributed by atoms with van der Waals surface area (Å²) < 4.78 is 0. The number of carbonyl (C=O) groups excluding carboxylic acids is 1. The van der Waals surface area contributed by atoms with Crippen LogP contribution in [0.1, 0.15) is 29.8 Å². The van der Waals surface area contributed by atoms with Gasteiger partial charge in [-0.1, -0.05) is 6.07 Å². The molecule has 4 nitrogen and oxygen atoms in total. The largest absolute Gasteiger partial charge is 0.346 e. The molecule has 2 aliphatic rings. The number of carbonyl (C=O) groups is 1. The predicted molar refractivity (Wildman–Crippen MR) is 60.1 cm³/mol. The normalized spacial score (nSPS) is 31.6. The molecule has 3 heterocycles. The summed E-state index contributed by atoms with van der Waals surface area (Å²) in [6, 6.07) is 6.76. The van der Waals surface area contributed by atoms with Gasteiger partial charge in [-0.3, -0.25) is 9.78 Å². The summed E-state index contributed by atoms with van der Waals surface area (Å²) in [5.74, 6) is -0.0556. The minimum absolute atomic E-state index is 0.0556. The van der Waals surface area contributed by atoms with Gasteiger partial charge in [-0.2, -0.15) is 0 Å². The quantitative estimate of drug-likeness (QED) is 0.767. The molecule has 16 heavy (non-hydrogen) atoms. The SMILES string of the molecule is O=C(NC1CC2CCC1N2)c1ccccn1. The Hall–Kier alpha value is -1.42. The lowest BCUT2D eigenvalue weighted by atomic mass is 9.95.